The van der Waals surface area contributed by atoms with Crippen LogP contribution in [0.5, 0.6) is 0 Å². The number of esters is 2. The molecule has 1 N–H and O–H groups in total. The molecule has 40 heavy (non-hydrogen) atoms. The van der Waals surface area contributed by atoms with Crippen LogP contribution >= 0.6 is 0 Å². The van der Waals surface area contributed by atoms with Gasteiger partial charge in [-0.3, -0.25) is 9.59 Å². The van der Waals surface area contributed by atoms with Crippen molar-refractivity contribution < 1.29 is 24.2 Å². The number of rotatable bonds is 29. The average Bonchev–Trinajstić information content (AvgIpc) is 2.96. The van der Waals surface area contributed by atoms with E-state index in [2.05, 4.69) is 50.3 Å². The standard InChI is InChI=1S/C35H62O5/c1-3-5-7-9-11-13-15-16-17-18-20-22-24-26-28-30-35(38)40-33(31-36)32-39-34(37)29-27-25-23-21-19-14-12-10-8-6-4-2/h11,13,16-17,20,22,33,36H,3-10,12,14-15,18-19,21,23-32H2,1-2H3/b13-11-,17-16-,22-20-/t33-/m0/s1. The molecule has 0 bridgehead atoms. The fraction of sp³-hybridized carbons (Fsp3) is 0.771. The quantitative estimate of drug-likeness (QED) is 0.0558. The molecule has 0 saturated heterocycles. The van der Waals surface area contributed by atoms with Crippen LogP contribution in [0.2, 0.25) is 0 Å². The number of unbranched alkanes of at least 4 members (excludes halogenated alkanes) is 15. The summed E-state index contributed by atoms with van der Waals surface area (Å²) < 4.78 is 10.5. The van der Waals surface area contributed by atoms with Crippen LogP contribution in [0.4, 0.5) is 0 Å². The molecule has 0 spiro atoms. The van der Waals surface area contributed by atoms with Gasteiger partial charge in [0.2, 0.25) is 0 Å². The Labute approximate surface area is 246 Å². The molecule has 0 fully saturated rings. The van der Waals surface area contributed by atoms with E-state index in [-0.39, 0.29) is 25.2 Å². The van der Waals surface area contributed by atoms with Crippen molar-refractivity contribution in [2.75, 3.05) is 13.2 Å². The van der Waals surface area contributed by atoms with Crippen molar-refractivity contribution in [3.8, 4) is 0 Å². The van der Waals surface area contributed by atoms with E-state index in [1.807, 2.05) is 0 Å². The minimum Gasteiger partial charge on any atom is -0.462 e. The summed E-state index contributed by atoms with van der Waals surface area (Å²) in [5, 5.41) is 9.48. The maximum Gasteiger partial charge on any atom is 0.306 e. The van der Waals surface area contributed by atoms with E-state index in [9.17, 15) is 14.7 Å². The molecule has 0 aliphatic carbocycles. The molecule has 0 aromatic heterocycles. The predicted octanol–water partition coefficient (Wildman–Crippen LogP) is 9.72. The maximum absolute atomic E-state index is 12.1. The number of hydrogen-bond donors (Lipinski definition) is 1. The first kappa shape index (κ1) is 38.1. The lowest BCUT2D eigenvalue weighted by Crippen LogP contribution is -2.28. The fourth-order valence-corrected chi connectivity index (χ4v) is 4.38. The largest absolute Gasteiger partial charge is 0.462 e. The summed E-state index contributed by atoms with van der Waals surface area (Å²) >= 11 is 0. The number of aliphatic hydroxyl groups excluding tert-OH is 1. The lowest BCUT2D eigenvalue weighted by molar-refractivity contribution is -0.161. The third-order valence-corrected chi connectivity index (χ3v) is 6.94. The van der Waals surface area contributed by atoms with Gasteiger partial charge < -0.3 is 14.6 Å². The van der Waals surface area contributed by atoms with Gasteiger partial charge in [-0.25, -0.2) is 0 Å². The molecule has 232 valence electrons. The van der Waals surface area contributed by atoms with E-state index >= 15 is 0 Å². The minimum atomic E-state index is -0.786. The summed E-state index contributed by atoms with van der Waals surface area (Å²) in [7, 11) is 0. The van der Waals surface area contributed by atoms with Crippen molar-refractivity contribution in [1.29, 1.82) is 0 Å². The molecule has 5 nitrogen and oxygen atoms in total. The van der Waals surface area contributed by atoms with Gasteiger partial charge in [-0.05, 0) is 51.4 Å². The van der Waals surface area contributed by atoms with Crippen LogP contribution in [-0.4, -0.2) is 36.4 Å². The van der Waals surface area contributed by atoms with Crippen molar-refractivity contribution >= 4 is 11.9 Å². The van der Waals surface area contributed by atoms with Gasteiger partial charge in [-0.15, -0.1) is 0 Å². The van der Waals surface area contributed by atoms with Gasteiger partial charge in [-0.2, -0.15) is 0 Å². The second kappa shape index (κ2) is 31.6. The van der Waals surface area contributed by atoms with Crippen molar-refractivity contribution in [2.45, 2.75) is 161 Å². The Morgan fingerprint density at radius 2 is 1.00 bits per heavy atom. The van der Waals surface area contributed by atoms with Gasteiger partial charge in [0.15, 0.2) is 6.10 Å². The highest BCUT2D eigenvalue weighted by Crippen LogP contribution is 2.12. The Hall–Kier alpha value is -1.88. The van der Waals surface area contributed by atoms with Crippen molar-refractivity contribution in [2.24, 2.45) is 0 Å². The van der Waals surface area contributed by atoms with E-state index in [0.717, 1.165) is 51.4 Å². The fourth-order valence-electron chi connectivity index (χ4n) is 4.38. The molecule has 1 atom stereocenters. The van der Waals surface area contributed by atoms with Crippen LogP contribution in [0.25, 0.3) is 0 Å². The topological polar surface area (TPSA) is 72.8 Å². The van der Waals surface area contributed by atoms with Crippen molar-refractivity contribution in [3.63, 3.8) is 0 Å². The summed E-state index contributed by atoms with van der Waals surface area (Å²) in [5.41, 5.74) is 0. The van der Waals surface area contributed by atoms with Crippen LogP contribution in [0, 0.1) is 0 Å². The van der Waals surface area contributed by atoms with Gasteiger partial charge in [0.1, 0.15) is 6.61 Å². The number of allylic oxidation sites excluding steroid dienone is 6. The molecule has 0 radical (unpaired) electrons. The van der Waals surface area contributed by atoms with E-state index in [0.29, 0.717) is 12.8 Å². The van der Waals surface area contributed by atoms with Gasteiger partial charge in [0.05, 0.1) is 6.61 Å². The number of aliphatic hydroxyl groups is 1. The highest BCUT2D eigenvalue weighted by Gasteiger charge is 2.16. The zero-order valence-corrected chi connectivity index (χ0v) is 26.1. The number of carbonyl (C=O) groups is 2. The van der Waals surface area contributed by atoms with Crippen LogP contribution in [0.1, 0.15) is 155 Å². The summed E-state index contributed by atoms with van der Waals surface area (Å²) in [6, 6.07) is 0. The molecule has 0 aliphatic heterocycles. The molecule has 0 amide bonds. The molecule has 0 aliphatic rings. The minimum absolute atomic E-state index is 0.0794. The first-order chi connectivity index (χ1) is 19.6. The van der Waals surface area contributed by atoms with Crippen molar-refractivity contribution in [1.82, 2.24) is 0 Å². The molecule has 0 aromatic carbocycles. The van der Waals surface area contributed by atoms with Crippen LogP contribution < -0.4 is 0 Å². The Kier molecular flexibility index (Phi) is 30.2. The molecular weight excluding hydrogens is 500 g/mol. The molecule has 0 aromatic rings. The van der Waals surface area contributed by atoms with Gasteiger partial charge in [-0.1, -0.05) is 127 Å². The first-order valence-corrected chi connectivity index (χ1v) is 16.5. The average molecular weight is 563 g/mol. The zero-order chi connectivity index (χ0) is 29.4. The highest BCUT2D eigenvalue weighted by atomic mass is 16.6. The second-order valence-electron chi connectivity index (χ2n) is 10.9. The molecule has 5 heteroatoms. The lowest BCUT2D eigenvalue weighted by Gasteiger charge is -2.15. The third kappa shape index (κ3) is 29.1. The van der Waals surface area contributed by atoms with Gasteiger partial charge in [0, 0.05) is 12.8 Å². The summed E-state index contributed by atoms with van der Waals surface area (Å²) in [6.45, 7) is 4.05. The Morgan fingerprint density at radius 1 is 0.575 bits per heavy atom. The molecule has 0 heterocycles. The molecule has 0 rings (SSSR count). The smallest absolute Gasteiger partial charge is 0.306 e. The van der Waals surface area contributed by atoms with E-state index in [4.69, 9.17) is 9.47 Å². The summed E-state index contributed by atoms with van der Waals surface area (Å²) in [4.78, 5) is 24.0. The summed E-state index contributed by atoms with van der Waals surface area (Å²) in [5.74, 6) is -0.638. The SMILES string of the molecule is CCCCC/C=C\C/C=C\C/C=C\CCCCC(=O)O[C@@H](CO)COC(=O)CCCCCCCCCCCCC. The van der Waals surface area contributed by atoms with Gasteiger partial charge in [0.25, 0.3) is 0 Å². The summed E-state index contributed by atoms with van der Waals surface area (Å²) in [6.07, 6.45) is 36.2. The Balaban J connectivity index is 3.68. The Bertz CT molecular complexity index is 652. The second-order valence-corrected chi connectivity index (χ2v) is 10.9. The monoisotopic (exact) mass is 562 g/mol. The highest BCUT2D eigenvalue weighted by molar-refractivity contribution is 5.70. The van der Waals surface area contributed by atoms with E-state index in [1.165, 1.54) is 77.0 Å². The van der Waals surface area contributed by atoms with Gasteiger partial charge >= 0.3 is 11.9 Å². The number of ether oxygens (including phenoxy) is 2. The van der Waals surface area contributed by atoms with E-state index in [1.54, 1.807) is 0 Å². The predicted molar refractivity (Wildman–Crippen MR) is 168 cm³/mol. The zero-order valence-electron chi connectivity index (χ0n) is 26.1. The molecule has 0 unspecified atom stereocenters. The maximum atomic E-state index is 12.1. The van der Waals surface area contributed by atoms with E-state index < -0.39 is 6.10 Å². The number of carbonyl (C=O) groups excluding carboxylic acids is 2. The number of hydrogen-bond acceptors (Lipinski definition) is 5. The normalized spacial score (nSPS) is 12.6. The Morgan fingerprint density at radius 3 is 1.55 bits per heavy atom. The first-order valence-electron chi connectivity index (χ1n) is 16.5. The lowest BCUT2D eigenvalue weighted by atomic mass is 10.1. The third-order valence-electron chi connectivity index (χ3n) is 6.94. The molecule has 0 saturated carbocycles. The molecular formula is C35H62O5. The van der Waals surface area contributed by atoms with Crippen LogP contribution in [0.3, 0.4) is 0 Å². The van der Waals surface area contributed by atoms with Crippen molar-refractivity contribution in [3.05, 3.63) is 36.5 Å². The van der Waals surface area contributed by atoms with Crippen LogP contribution in [0.15, 0.2) is 36.5 Å². The van der Waals surface area contributed by atoms with Crippen LogP contribution in [-0.2, 0) is 19.1 Å².